The van der Waals surface area contributed by atoms with Crippen molar-refractivity contribution in [3.63, 3.8) is 0 Å². The molecule has 0 amide bonds. The Hall–Kier alpha value is -1.59. The van der Waals surface area contributed by atoms with Crippen LogP contribution in [0.1, 0.15) is 23.2 Å². The average Bonchev–Trinajstić information content (AvgIpc) is 2.68. The molecular formula is C16H20N2O2S. The molecule has 2 heterocycles. The van der Waals surface area contributed by atoms with E-state index < -0.39 is 10.0 Å². The minimum Gasteiger partial charge on any atom is -0.354 e. The highest BCUT2D eigenvalue weighted by molar-refractivity contribution is 7.89. The van der Waals surface area contributed by atoms with Crippen LogP contribution in [0.4, 0.5) is 0 Å². The molecule has 0 fully saturated rings. The van der Waals surface area contributed by atoms with Gasteiger partial charge in [-0.25, -0.2) is 8.42 Å². The molecule has 1 aliphatic rings. The summed E-state index contributed by atoms with van der Waals surface area (Å²) in [5, 5.41) is 0. The molecular weight excluding hydrogens is 284 g/mol. The molecule has 1 aromatic carbocycles. The topological polar surface area (TPSA) is 42.3 Å². The Kier molecular flexibility index (Phi) is 3.63. The second-order valence-electron chi connectivity index (χ2n) is 5.65. The van der Waals surface area contributed by atoms with Gasteiger partial charge in [0.2, 0.25) is 10.0 Å². The quantitative estimate of drug-likeness (QED) is 0.855. The van der Waals surface area contributed by atoms with Gasteiger partial charge in [0.15, 0.2) is 0 Å². The van der Waals surface area contributed by atoms with Crippen molar-refractivity contribution in [1.29, 1.82) is 0 Å². The molecule has 5 heteroatoms. The summed E-state index contributed by atoms with van der Waals surface area (Å²) in [7, 11) is -1.39. The lowest BCUT2D eigenvalue weighted by molar-refractivity contribution is 0.410. The SMILES string of the molecule is Cc1ccc(S(=O)(=O)N2CCCc3c(ccn3C)C2)cc1. The Morgan fingerprint density at radius 2 is 1.81 bits per heavy atom. The van der Waals surface area contributed by atoms with Crippen LogP contribution in [0.15, 0.2) is 41.4 Å². The number of fused-ring (bicyclic) bond motifs is 1. The van der Waals surface area contributed by atoms with Crippen LogP contribution >= 0.6 is 0 Å². The monoisotopic (exact) mass is 304 g/mol. The zero-order chi connectivity index (χ0) is 15.0. The van der Waals surface area contributed by atoms with Gasteiger partial charge in [0.25, 0.3) is 0 Å². The minimum atomic E-state index is -3.41. The molecule has 0 bridgehead atoms. The summed E-state index contributed by atoms with van der Waals surface area (Å²) < 4.78 is 29.3. The number of nitrogens with zero attached hydrogens (tertiary/aromatic N) is 2. The molecule has 0 atom stereocenters. The van der Waals surface area contributed by atoms with Gasteiger partial charge in [-0.3, -0.25) is 0 Å². The molecule has 0 aliphatic carbocycles. The molecule has 112 valence electrons. The van der Waals surface area contributed by atoms with Crippen LogP contribution in [0.3, 0.4) is 0 Å². The molecule has 0 saturated carbocycles. The molecule has 21 heavy (non-hydrogen) atoms. The van der Waals surface area contributed by atoms with E-state index in [4.69, 9.17) is 0 Å². The third-order valence-corrected chi connectivity index (χ3v) is 5.98. The van der Waals surface area contributed by atoms with Crippen molar-refractivity contribution in [3.05, 3.63) is 53.3 Å². The predicted molar refractivity (Wildman–Crippen MR) is 82.5 cm³/mol. The van der Waals surface area contributed by atoms with Gasteiger partial charge in [0.05, 0.1) is 4.90 Å². The molecule has 2 aromatic rings. The number of aromatic nitrogens is 1. The number of benzene rings is 1. The van der Waals surface area contributed by atoms with Gasteiger partial charge in [-0.1, -0.05) is 17.7 Å². The van der Waals surface area contributed by atoms with Crippen molar-refractivity contribution in [2.45, 2.75) is 31.2 Å². The van der Waals surface area contributed by atoms with Gasteiger partial charge >= 0.3 is 0 Å². The Labute approximate surface area is 126 Å². The lowest BCUT2D eigenvalue weighted by atomic mass is 10.2. The molecule has 3 rings (SSSR count). The number of hydrogen-bond acceptors (Lipinski definition) is 2. The summed E-state index contributed by atoms with van der Waals surface area (Å²) in [5.41, 5.74) is 3.43. The van der Waals surface area contributed by atoms with Gasteiger partial charge in [-0.2, -0.15) is 4.31 Å². The van der Waals surface area contributed by atoms with Crippen LogP contribution in [0.5, 0.6) is 0 Å². The first-order valence-corrected chi connectivity index (χ1v) is 8.62. The maximum atomic E-state index is 12.8. The van der Waals surface area contributed by atoms with Crippen molar-refractivity contribution in [3.8, 4) is 0 Å². The van der Waals surface area contributed by atoms with Crippen LogP contribution in [-0.2, 0) is 30.0 Å². The zero-order valence-electron chi connectivity index (χ0n) is 12.4. The number of hydrogen-bond donors (Lipinski definition) is 0. The standard InChI is InChI=1S/C16H20N2O2S/c1-13-5-7-15(8-6-13)21(19,20)18-10-3-4-16-14(12-18)9-11-17(16)2/h5-9,11H,3-4,10,12H2,1-2H3. The van der Waals surface area contributed by atoms with E-state index in [1.807, 2.05) is 38.4 Å². The van der Waals surface area contributed by atoms with E-state index in [-0.39, 0.29) is 0 Å². The van der Waals surface area contributed by atoms with E-state index in [9.17, 15) is 8.42 Å². The predicted octanol–water partition coefficient (Wildman–Crippen LogP) is 2.47. The second kappa shape index (κ2) is 5.31. The summed E-state index contributed by atoms with van der Waals surface area (Å²) in [5.74, 6) is 0. The summed E-state index contributed by atoms with van der Waals surface area (Å²) in [6.07, 6.45) is 3.79. The third kappa shape index (κ3) is 2.63. The summed E-state index contributed by atoms with van der Waals surface area (Å²) in [4.78, 5) is 0.382. The zero-order valence-corrected chi connectivity index (χ0v) is 13.2. The largest absolute Gasteiger partial charge is 0.354 e. The molecule has 0 spiro atoms. The van der Waals surface area contributed by atoms with Crippen LogP contribution in [0.25, 0.3) is 0 Å². The summed E-state index contributed by atoms with van der Waals surface area (Å²) >= 11 is 0. The maximum Gasteiger partial charge on any atom is 0.243 e. The Morgan fingerprint density at radius 3 is 2.52 bits per heavy atom. The van der Waals surface area contributed by atoms with Crippen molar-refractivity contribution in [2.24, 2.45) is 7.05 Å². The van der Waals surface area contributed by atoms with Crippen LogP contribution < -0.4 is 0 Å². The van der Waals surface area contributed by atoms with Crippen LogP contribution in [0.2, 0.25) is 0 Å². The first-order chi connectivity index (χ1) is 9.98. The summed E-state index contributed by atoms with van der Waals surface area (Å²) in [6, 6.07) is 9.11. The first-order valence-electron chi connectivity index (χ1n) is 7.18. The molecule has 0 N–H and O–H groups in total. The van der Waals surface area contributed by atoms with E-state index in [2.05, 4.69) is 4.57 Å². The van der Waals surface area contributed by atoms with Gasteiger partial charge in [-0.05, 0) is 43.5 Å². The third-order valence-electron chi connectivity index (χ3n) is 4.12. The average molecular weight is 304 g/mol. The van der Waals surface area contributed by atoms with Gasteiger partial charge in [-0.15, -0.1) is 0 Å². The number of rotatable bonds is 2. The van der Waals surface area contributed by atoms with E-state index in [1.165, 1.54) is 5.69 Å². The van der Waals surface area contributed by atoms with E-state index in [1.54, 1.807) is 16.4 Å². The highest BCUT2D eigenvalue weighted by atomic mass is 32.2. The Balaban J connectivity index is 1.94. The fraction of sp³-hybridized carbons (Fsp3) is 0.375. The van der Waals surface area contributed by atoms with Gasteiger partial charge in [0, 0.05) is 32.0 Å². The molecule has 1 aromatic heterocycles. The number of aryl methyl sites for hydroxylation is 2. The molecule has 0 unspecified atom stereocenters. The van der Waals surface area contributed by atoms with Crippen molar-refractivity contribution < 1.29 is 8.42 Å². The molecule has 0 saturated heterocycles. The molecule has 0 radical (unpaired) electrons. The minimum absolute atomic E-state index is 0.382. The summed E-state index contributed by atoms with van der Waals surface area (Å²) in [6.45, 7) is 3.00. The number of sulfonamides is 1. The Bertz CT molecular complexity index is 745. The lowest BCUT2D eigenvalue weighted by Crippen LogP contribution is -2.30. The van der Waals surface area contributed by atoms with Crippen molar-refractivity contribution in [1.82, 2.24) is 8.87 Å². The van der Waals surface area contributed by atoms with E-state index >= 15 is 0 Å². The first kappa shape index (κ1) is 14.4. The smallest absolute Gasteiger partial charge is 0.243 e. The molecule has 4 nitrogen and oxygen atoms in total. The second-order valence-corrected chi connectivity index (χ2v) is 7.59. The van der Waals surface area contributed by atoms with Crippen LogP contribution in [-0.4, -0.2) is 23.8 Å². The highest BCUT2D eigenvalue weighted by Crippen LogP contribution is 2.24. The van der Waals surface area contributed by atoms with Gasteiger partial charge in [0.1, 0.15) is 0 Å². The van der Waals surface area contributed by atoms with E-state index in [0.717, 1.165) is 24.0 Å². The maximum absolute atomic E-state index is 12.8. The normalized spacial score (nSPS) is 16.5. The van der Waals surface area contributed by atoms with Crippen LogP contribution in [0, 0.1) is 6.92 Å². The Morgan fingerprint density at radius 1 is 1.10 bits per heavy atom. The van der Waals surface area contributed by atoms with E-state index in [0.29, 0.717) is 18.0 Å². The van der Waals surface area contributed by atoms with Gasteiger partial charge < -0.3 is 4.57 Å². The fourth-order valence-corrected chi connectivity index (χ4v) is 4.31. The van der Waals surface area contributed by atoms with Crippen molar-refractivity contribution >= 4 is 10.0 Å². The fourth-order valence-electron chi connectivity index (χ4n) is 2.85. The van der Waals surface area contributed by atoms with Crippen molar-refractivity contribution in [2.75, 3.05) is 6.54 Å². The lowest BCUT2D eigenvalue weighted by Gasteiger charge is -2.20. The molecule has 1 aliphatic heterocycles. The highest BCUT2D eigenvalue weighted by Gasteiger charge is 2.27.